The van der Waals surface area contributed by atoms with Crippen LogP contribution in [-0.4, -0.2) is 59.5 Å². The summed E-state index contributed by atoms with van der Waals surface area (Å²) in [6.45, 7) is 2.70. The second-order valence-electron chi connectivity index (χ2n) is 10.5. The minimum absolute atomic E-state index is 0.0423. The summed E-state index contributed by atoms with van der Waals surface area (Å²) in [5.74, 6) is 0.574. The number of carbonyl (C=O) groups is 1. The smallest absolute Gasteiger partial charge is 0.306 e. The van der Waals surface area contributed by atoms with E-state index in [1.165, 1.54) is 42.2 Å². The van der Waals surface area contributed by atoms with E-state index in [-0.39, 0.29) is 24.2 Å². The molecule has 38 heavy (non-hydrogen) atoms. The number of nitrogens with zero attached hydrogens (tertiary/aromatic N) is 1. The Hall–Kier alpha value is -2.12. The lowest BCUT2D eigenvalue weighted by molar-refractivity contribution is -0.141. The van der Waals surface area contributed by atoms with Crippen molar-refractivity contribution in [2.75, 3.05) is 25.3 Å². The van der Waals surface area contributed by atoms with Gasteiger partial charge >= 0.3 is 5.97 Å². The Labute approximate surface area is 232 Å². The van der Waals surface area contributed by atoms with E-state index in [0.717, 1.165) is 31.5 Å². The van der Waals surface area contributed by atoms with E-state index in [1.807, 2.05) is 12.3 Å². The number of aliphatic hydroxyl groups is 1. The molecule has 1 aliphatic heterocycles. The van der Waals surface area contributed by atoms with Gasteiger partial charge in [-0.25, -0.2) is 0 Å². The minimum atomic E-state index is -0.348. The average Bonchev–Trinajstić information content (AvgIpc) is 3.28. The zero-order chi connectivity index (χ0) is 26.6. The molecular weight excluding hydrogens is 494 g/mol. The van der Waals surface area contributed by atoms with Gasteiger partial charge < -0.3 is 14.6 Å². The number of allylic oxidation sites excluding steroid dienone is 2. The van der Waals surface area contributed by atoms with Crippen molar-refractivity contribution in [1.82, 2.24) is 4.90 Å². The van der Waals surface area contributed by atoms with Crippen molar-refractivity contribution in [2.24, 2.45) is 5.92 Å². The quantitative estimate of drug-likeness (QED) is 0.180. The predicted octanol–water partition coefficient (Wildman–Crippen LogP) is 6.45. The number of ether oxygens (including phenoxy) is 2. The molecule has 1 heterocycles. The maximum absolute atomic E-state index is 11.7. The fourth-order valence-corrected chi connectivity index (χ4v) is 6.14. The summed E-state index contributed by atoms with van der Waals surface area (Å²) < 4.78 is 11.6. The Bertz CT molecular complexity index is 990. The molecule has 0 radical (unpaired) electrons. The molecule has 1 N–H and O–H groups in total. The Morgan fingerprint density at radius 2 is 1.71 bits per heavy atom. The van der Waals surface area contributed by atoms with Crippen LogP contribution in [0.2, 0.25) is 0 Å². The Balaban J connectivity index is 1.33. The molecule has 2 aromatic rings. The van der Waals surface area contributed by atoms with E-state index < -0.39 is 0 Å². The molecule has 4 rings (SSSR count). The number of carbonyl (C=O) groups excluding carboxylic acids is 1. The molecule has 1 saturated carbocycles. The van der Waals surface area contributed by atoms with E-state index in [0.29, 0.717) is 37.7 Å². The zero-order valence-electron chi connectivity index (χ0n) is 22.7. The van der Waals surface area contributed by atoms with Gasteiger partial charge in [-0.3, -0.25) is 9.69 Å². The number of aliphatic hydroxyl groups excluding tert-OH is 1. The van der Waals surface area contributed by atoms with Gasteiger partial charge in [0.2, 0.25) is 0 Å². The maximum Gasteiger partial charge on any atom is 0.306 e. The lowest BCUT2D eigenvalue weighted by Crippen LogP contribution is -2.47. The fourth-order valence-electron chi connectivity index (χ4n) is 5.89. The molecule has 0 aromatic heterocycles. The average molecular weight is 538 g/mol. The SMILES string of the molecule is CSCOC(=O)CC/C=C\CC[C@@H]1[C@@H](N2CCCCC2)[C@@H](O)C[C@@H]1OCc1ccc(-c2ccccc2)cc1. The van der Waals surface area contributed by atoms with Crippen LogP contribution in [0.5, 0.6) is 0 Å². The first-order valence-electron chi connectivity index (χ1n) is 14.1. The molecule has 5 nitrogen and oxygen atoms in total. The molecule has 0 unspecified atom stereocenters. The summed E-state index contributed by atoms with van der Waals surface area (Å²) in [5, 5.41) is 11.1. The Morgan fingerprint density at radius 1 is 1.00 bits per heavy atom. The largest absolute Gasteiger partial charge is 0.455 e. The Kier molecular flexibility index (Phi) is 11.8. The highest BCUT2D eigenvalue weighted by atomic mass is 32.2. The van der Waals surface area contributed by atoms with E-state index in [2.05, 4.69) is 65.6 Å². The zero-order valence-corrected chi connectivity index (χ0v) is 23.5. The molecule has 0 bridgehead atoms. The Morgan fingerprint density at radius 3 is 2.45 bits per heavy atom. The van der Waals surface area contributed by atoms with Crippen molar-refractivity contribution in [1.29, 1.82) is 0 Å². The van der Waals surface area contributed by atoms with E-state index >= 15 is 0 Å². The molecule has 206 valence electrons. The van der Waals surface area contributed by atoms with Gasteiger partial charge in [-0.2, -0.15) is 0 Å². The maximum atomic E-state index is 11.7. The van der Waals surface area contributed by atoms with Crippen LogP contribution in [0.1, 0.15) is 56.9 Å². The molecule has 4 atom stereocenters. The first-order chi connectivity index (χ1) is 18.7. The molecule has 2 aromatic carbocycles. The van der Waals surface area contributed by atoms with Crippen LogP contribution in [-0.2, 0) is 20.9 Å². The second kappa shape index (κ2) is 15.5. The van der Waals surface area contributed by atoms with E-state index in [9.17, 15) is 9.90 Å². The van der Waals surface area contributed by atoms with Crippen molar-refractivity contribution in [3.05, 3.63) is 72.3 Å². The summed E-state index contributed by atoms with van der Waals surface area (Å²) in [7, 11) is 0. The molecule has 1 aliphatic carbocycles. The molecule has 0 amide bonds. The highest BCUT2D eigenvalue weighted by Crippen LogP contribution is 2.38. The van der Waals surface area contributed by atoms with Gasteiger partial charge in [0.25, 0.3) is 0 Å². The van der Waals surface area contributed by atoms with E-state index in [4.69, 9.17) is 9.47 Å². The summed E-state index contributed by atoms with van der Waals surface area (Å²) in [6, 6.07) is 19.2. The molecule has 0 spiro atoms. The third kappa shape index (κ3) is 8.44. The van der Waals surface area contributed by atoms with Crippen molar-refractivity contribution < 1.29 is 19.4 Å². The molecule has 2 fully saturated rings. The minimum Gasteiger partial charge on any atom is -0.455 e. The van der Waals surface area contributed by atoms with Crippen LogP contribution in [0, 0.1) is 5.92 Å². The van der Waals surface area contributed by atoms with Crippen LogP contribution in [0.25, 0.3) is 11.1 Å². The van der Waals surface area contributed by atoms with E-state index in [1.54, 1.807) is 0 Å². The number of thioether (sulfide) groups is 1. The number of hydrogen-bond acceptors (Lipinski definition) is 6. The van der Waals surface area contributed by atoms with Crippen molar-refractivity contribution >= 4 is 17.7 Å². The van der Waals surface area contributed by atoms with Crippen LogP contribution in [0.15, 0.2) is 66.7 Å². The monoisotopic (exact) mass is 537 g/mol. The predicted molar refractivity (Wildman–Crippen MR) is 156 cm³/mol. The molecule has 2 aliphatic rings. The number of benzene rings is 2. The first-order valence-corrected chi connectivity index (χ1v) is 15.5. The highest BCUT2D eigenvalue weighted by Gasteiger charge is 2.45. The molecular formula is C32H43NO4S. The highest BCUT2D eigenvalue weighted by molar-refractivity contribution is 7.98. The lowest BCUT2D eigenvalue weighted by atomic mass is 9.92. The van der Waals surface area contributed by atoms with Crippen LogP contribution in [0.4, 0.5) is 0 Å². The van der Waals surface area contributed by atoms with Crippen LogP contribution < -0.4 is 0 Å². The summed E-state index contributed by atoms with van der Waals surface area (Å²) in [6.07, 6.45) is 13.3. The standard InChI is InChI=1S/C32H43NO4S/c1-38-24-37-31(35)15-9-3-2-8-14-28-30(22-29(34)32(28)33-20-10-5-11-21-33)36-23-25-16-18-27(19-17-25)26-12-6-4-7-13-26/h2-4,6-7,12-13,16-19,28-30,32,34H,5,8-11,14-15,20-24H2,1H3/b3-2-/t28-,29-,30-,32+/m0/s1. The van der Waals surface area contributed by atoms with Gasteiger partial charge in [0.1, 0.15) is 5.94 Å². The number of rotatable bonds is 13. The van der Waals surface area contributed by atoms with Crippen molar-refractivity contribution in [2.45, 2.75) is 76.2 Å². The topological polar surface area (TPSA) is 59.0 Å². The second-order valence-corrected chi connectivity index (χ2v) is 11.3. The van der Waals surface area contributed by atoms with Gasteiger partial charge in [-0.05, 0) is 68.1 Å². The summed E-state index contributed by atoms with van der Waals surface area (Å²) in [4.78, 5) is 14.2. The van der Waals surface area contributed by atoms with Crippen LogP contribution >= 0.6 is 11.8 Å². The fraction of sp³-hybridized carbons (Fsp3) is 0.531. The summed E-state index contributed by atoms with van der Waals surface area (Å²) in [5.41, 5.74) is 3.58. The third-order valence-electron chi connectivity index (χ3n) is 7.81. The number of likely N-dealkylation sites (tertiary alicyclic amines) is 1. The lowest BCUT2D eigenvalue weighted by Gasteiger charge is -2.38. The third-order valence-corrected chi connectivity index (χ3v) is 8.16. The van der Waals surface area contributed by atoms with Gasteiger partial charge in [0.05, 0.1) is 18.8 Å². The van der Waals surface area contributed by atoms with Crippen molar-refractivity contribution in [3.63, 3.8) is 0 Å². The first kappa shape index (κ1) is 28.9. The van der Waals surface area contributed by atoms with Crippen molar-refractivity contribution in [3.8, 4) is 11.1 Å². The van der Waals surface area contributed by atoms with Gasteiger partial charge in [-0.1, -0.05) is 73.2 Å². The summed E-state index contributed by atoms with van der Waals surface area (Å²) >= 11 is 1.51. The number of esters is 1. The number of hydrogen-bond donors (Lipinski definition) is 1. The normalized spacial score (nSPS) is 24.2. The molecule has 1 saturated heterocycles. The van der Waals surface area contributed by atoms with Gasteiger partial charge in [0, 0.05) is 24.8 Å². The molecule has 6 heteroatoms. The van der Waals surface area contributed by atoms with Gasteiger partial charge in [0.15, 0.2) is 0 Å². The number of piperidine rings is 1. The van der Waals surface area contributed by atoms with Gasteiger partial charge in [-0.15, -0.1) is 11.8 Å². The van der Waals surface area contributed by atoms with Crippen LogP contribution in [0.3, 0.4) is 0 Å².